The van der Waals surface area contributed by atoms with Crippen molar-refractivity contribution in [2.45, 2.75) is 24.3 Å². The highest BCUT2D eigenvalue weighted by Gasteiger charge is 2.56. The quantitative estimate of drug-likeness (QED) is 0.650. The predicted molar refractivity (Wildman–Crippen MR) is 69.0 cm³/mol. The molecule has 1 aromatic rings. The first-order chi connectivity index (χ1) is 9.25. The highest BCUT2D eigenvalue weighted by molar-refractivity contribution is 7.89. The van der Waals surface area contributed by atoms with Crippen LogP contribution in [0.15, 0.2) is 29.2 Å². The Morgan fingerprint density at radius 3 is 2.20 bits per heavy atom. The molecule has 0 bridgehead atoms. The van der Waals surface area contributed by atoms with Gasteiger partial charge in [-0.25, -0.2) is 13.6 Å². The van der Waals surface area contributed by atoms with Gasteiger partial charge in [-0.2, -0.15) is 0 Å². The van der Waals surface area contributed by atoms with E-state index in [2.05, 4.69) is 5.32 Å². The van der Waals surface area contributed by atoms with E-state index in [1.165, 1.54) is 24.3 Å². The Balaban J connectivity index is 1.99. The van der Waals surface area contributed by atoms with Crippen LogP contribution in [0.2, 0.25) is 0 Å². The molecule has 7 nitrogen and oxygen atoms in total. The number of aliphatic carboxylic acids is 1. The lowest BCUT2D eigenvalue weighted by atomic mass is 10.1. The fourth-order valence-corrected chi connectivity index (χ4v) is 2.33. The van der Waals surface area contributed by atoms with Crippen molar-refractivity contribution in [2.75, 3.05) is 0 Å². The summed E-state index contributed by atoms with van der Waals surface area (Å²) in [6, 6.07) is 5.70. The van der Waals surface area contributed by atoms with Gasteiger partial charge in [0.15, 0.2) is 0 Å². The lowest BCUT2D eigenvalue weighted by molar-refractivity contribution is -0.149. The van der Waals surface area contributed by atoms with Crippen molar-refractivity contribution in [1.82, 2.24) is 5.32 Å². The van der Waals surface area contributed by atoms with Gasteiger partial charge in [0.1, 0.15) is 5.41 Å². The molecule has 0 saturated heterocycles. The van der Waals surface area contributed by atoms with E-state index in [-0.39, 0.29) is 11.4 Å². The van der Waals surface area contributed by atoms with Crippen LogP contribution in [0.3, 0.4) is 0 Å². The fourth-order valence-electron chi connectivity index (χ4n) is 1.81. The lowest BCUT2D eigenvalue weighted by Gasteiger charge is -2.10. The van der Waals surface area contributed by atoms with E-state index in [0.717, 1.165) is 0 Å². The SMILES string of the molecule is NS(=O)(=O)c1ccc(CNC(=O)C2(C(=O)O)CC2)cc1. The van der Waals surface area contributed by atoms with E-state index in [9.17, 15) is 18.0 Å². The second-order valence-corrected chi connectivity index (χ2v) is 6.32. The number of nitrogens with one attached hydrogen (secondary N) is 1. The fraction of sp³-hybridized carbons (Fsp3) is 0.333. The minimum atomic E-state index is -3.74. The first-order valence-electron chi connectivity index (χ1n) is 5.89. The molecule has 0 atom stereocenters. The van der Waals surface area contributed by atoms with Crippen LogP contribution in [-0.2, 0) is 26.2 Å². The number of primary sulfonamides is 1. The Bertz CT molecular complexity index is 647. The van der Waals surface area contributed by atoms with Crippen LogP contribution >= 0.6 is 0 Å². The van der Waals surface area contributed by atoms with Crippen LogP contribution in [-0.4, -0.2) is 25.4 Å². The zero-order valence-electron chi connectivity index (χ0n) is 10.5. The molecule has 8 heteroatoms. The molecule has 0 aromatic heterocycles. The first kappa shape index (κ1) is 14.5. The number of benzene rings is 1. The van der Waals surface area contributed by atoms with Crippen molar-refractivity contribution in [3.63, 3.8) is 0 Å². The third-order valence-corrected chi connectivity index (χ3v) is 4.23. The summed E-state index contributed by atoms with van der Waals surface area (Å²) in [5.74, 6) is -1.62. The van der Waals surface area contributed by atoms with Gasteiger partial charge in [0.2, 0.25) is 15.9 Å². The molecule has 4 N–H and O–H groups in total. The summed E-state index contributed by atoms with van der Waals surface area (Å²) < 4.78 is 22.1. The molecule has 0 heterocycles. The third-order valence-electron chi connectivity index (χ3n) is 3.30. The van der Waals surface area contributed by atoms with Gasteiger partial charge >= 0.3 is 5.97 Å². The zero-order valence-corrected chi connectivity index (χ0v) is 11.3. The van der Waals surface area contributed by atoms with Gasteiger partial charge in [-0.1, -0.05) is 12.1 Å². The molecule has 2 rings (SSSR count). The topological polar surface area (TPSA) is 127 Å². The average molecular weight is 298 g/mol. The molecule has 1 aromatic carbocycles. The van der Waals surface area contributed by atoms with E-state index in [1.54, 1.807) is 0 Å². The number of carbonyl (C=O) groups excluding carboxylic acids is 1. The molecular weight excluding hydrogens is 284 g/mol. The Morgan fingerprint density at radius 2 is 1.80 bits per heavy atom. The van der Waals surface area contributed by atoms with Crippen LogP contribution in [0.25, 0.3) is 0 Å². The van der Waals surface area contributed by atoms with Gasteiger partial charge in [-0.3, -0.25) is 9.59 Å². The number of hydrogen-bond acceptors (Lipinski definition) is 4. The maximum Gasteiger partial charge on any atom is 0.319 e. The van der Waals surface area contributed by atoms with Crippen molar-refractivity contribution in [3.05, 3.63) is 29.8 Å². The number of carbonyl (C=O) groups is 2. The molecule has 1 saturated carbocycles. The second kappa shape index (κ2) is 4.88. The Kier molecular flexibility index (Phi) is 3.53. The lowest BCUT2D eigenvalue weighted by Crippen LogP contribution is -2.36. The van der Waals surface area contributed by atoms with Crippen molar-refractivity contribution < 1.29 is 23.1 Å². The summed E-state index contributed by atoms with van der Waals surface area (Å²) in [6.45, 7) is 0.138. The van der Waals surface area contributed by atoms with Crippen molar-refractivity contribution >= 4 is 21.9 Å². The highest BCUT2D eigenvalue weighted by Crippen LogP contribution is 2.46. The summed E-state index contributed by atoms with van der Waals surface area (Å²) in [6.07, 6.45) is 0.692. The van der Waals surface area contributed by atoms with Crippen LogP contribution in [0.1, 0.15) is 18.4 Å². The molecule has 1 aliphatic carbocycles. The molecule has 0 unspecified atom stereocenters. The summed E-state index contributed by atoms with van der Waals surface area (Å²) in [4.78, 5) is 22.7. The predicted octanol–water partition coefficient (Wildman–Crippen LogP) is -0.185. The Morgan fingerprint density at radius 1 is 1.25 bits per heavy atom. The zero-order chi connectivity index (χ0) is 15.0. The van der Waals surface area contributed by atoms with E-state index in [0.29, 0.717) is 18.4 Å². The van der Waals surface area contributed by atoms with Crippen LogP contribution in [0.5, 0.6) is 0 Å². The van der Waals surface area contributed by atoms with Crippen LogP contribution in [0, 0.1) is 5.41 Å². The minimum Gasteiger partial charge on any atom is -0.480 e. The van der Waals surface area contributed by atoms with Gasteiger partial charge in [0.25, 0.3) is 0 Å². The number of carboxylic acid groups (broad SMARTS) is 1. The maximum absolute atomic E-state index is 11.8. The summed E-state index contributed by atoms with van der Waals surface area (Å²) in [5.41, 5.74) is -0.618. The largest absolute Gasteiger partial charge is 0.480 e. The number of rotatable bonds is 5. The van der Waals surface area contributed by atoms with Crippen LogP contribution < -0.4 is 10.5 Å². The van der Waals surface area contributed by atoms with Crippen molar-refractivity contribution in [2.24, 2.45) is 10.6 Å². The van der Waals surface area contributed by atoms with Crippen molar-refractivity contribution in [1.29, 1.82) is 0 Å². The van der Waals surface area contributed by atoms with E-state index >= 15 is 0 Å². The molecule has 1 fully saturated rings. The number of nitrogens with two attached hydrogens (primary N) is 1. The summed E-state index contributed by atoms with van der Waals surface area (Å²) >= 11 is 0. The Hall–Kier alpha value is -1.93. The molecule has 1 amide bonds. The standard InChI is InChI=1S/C12H14N2O5S/c13-20(18,19)9-3-1-8(2-4-9)7-14-10(15)12(5-6-12)11(16)17/h1-4H,5-7H2,(H,14,15)(H,16,17)(H2,13,18,19). The number of hydrogen-bond donors (Lipinski definition) is 3. The first-order valence-corrected chi connectivity index (χ1v) is 7.44. The molecule has 0 spiro atoms. The molecule has 108 valence electrons. The van der Waals surface area contributed by atoms with Crippen molar-refractivity contribution in [3.8, 4) is 0 Å². The van der Waals surface area contributed by atoms with Gasteiger partial charge in [0, 0.05) is 6.54 Å². The van der Waals surface area contributed by atoms with E-state index < -0.39 is 27.3 Å². The molecule has 1 aliphatic rings. The second-order valence-electron chi connectivity index (χ2n) is 4.76. The van der Waals surface area contributed by atoms with Gasteiger partial charge < -0.3 is 10.4 Å². The molecule has 20 heavy (non-hydrogen) atoms. The van der Waals surface area contributed by atoms with Gasteiger partial charge in [-0.05, 0) is 30.5 Å². The number of carboxylic acids is 1. The highest BCUT2D eigenvalue weighted by atomic mass is 32.2. The van der Waals surface area contributed by atoms with Gasteiger partial charge in [-0.15, -0.1) is 0 Å². The number of amides is 1. The normalized spacial score (nSPS) is 16.4. The van der Waals surface area contributed by atoms with E-state index in [1.807, 2.05) is 0 Å². The molecule has 0 radical (unpaired) electrons. The van der Waals surface area contributed by atoms with Crippen LogP contribution in [0.4, 0.5) is 0 Å². The summed E-state index contributed by atoms with van der Waals surface area (Å²) in [7, 11) is -3.74. The smallest absolute Gasteiger partial charge is 0.319 e. The Labute approximate surface area is 115 Å². The minimum absolute atomic E-state index is 0.0169. The number of sulfonamides is 1. The van der Waals surface area contributed by atoms with Gasteiger partial charge in [0.05, 0.1) is 4.90 Å². The average Bonchev–Trinajstić information content (AvgIpc) is 3.17. The molecular formula is C12H14N2O5S. The van der Waals surface area contributed by atoms with E-state index in [4.69, 9.17) is 10.2 Å². The third kappa shape index (κ3) is 2.81. The maximum atomic E-state index is 11.8. The molecule has 0 aliphatic heterocycles. The monoisotopic (exact) mass is 298 g/mol. The summed E-state index contributed by atoms with van der Waals surface area (Å²) in [5, 5.41) is 16.5.